The van der Waals surface area contributed by atoms with E-state index in [2.05, 4.69) is 0 Å². The topological polar surface area (TPSA) is 35.5 Å². The molecule has 3 nitrogen and oxygen atoms in total. The van der Waals surface area contributed by atoms with Crippen molar-refractivity contribution < 1.29 is 14.3 Å². The Hall–Kier alpha value is -1.51. The van der Waals surface area contributed by atoms with Gasteiger partial charge in [0.2, 0.25) is 0 Å². The maximum atomic E-state index is 12.1. The molecule has 2 rings (SSSR count). The Labute approximate surface area is 95.4 Å². The molecular formula is C13H16O3. The highest BCUT2D eigenvalue weighted by atomic mass is 16.5. The molecule has 0 N–H and O–H groups in total. The van der Waals surface area contributed by atoms with Crippen LogP contribution in [-0.2, 0) is 0 Å². The number of hydrogen-bond acceptors (Lipinski definition) is 3. The van der Waals surface area contributed by atoms with Crippen LogP contribution in [0.15, 0.2) is 12.1 Å². The van der Waals surface area contributed by atoms with Gasteiger partial charge in [0.15, 0.2) is 5.78 Å². The molecule has 16 heavy (non-hydrogen) atoms. The van der Waals surface area contributed by atoms with Gasteiger partial charge < -0.3 is 9.47 Å². The second-order valence-electron chi connectivity index (χ2n) is 4.16. The number of aryl methyl sites for hydroxylation is 1. The number of rotatable bonds is 4. The molecule has 0 atom stereocenters. The van der Waals surface area contributed by atoms with Gasteiger partial charge in [-0.2, -0.15) is 0 Å². The maximum Gasteiger partial charge on any atom is 0.169 e. The Morgan fingerprint density at radius 1 is 1.25 bits per heavy atom. The van der Waals surface area contributed by atoms with E-state index in [0.717, 1.165) is 24.2 Å². The van der Waals surface area contributed by atoms with E-state index in [9.17, 15) is 4.79 Å². The minimum Gasteiger partial charge on any atom is -0.497 e. The molecule has 0 aromatic heterocycles. The Balaban J connectivity index is 2.45. The zero-order chi connectivity index (χ0) is 11.7. The fourth-order valence-corrected chi connectivity index (χ4v) is 1.87. The van der Waals surface area contributed by atoms with Gasteiger partial charge in [0.05, 0.1) is 19.8 Å². The predicted octanol–water partition coefficient (Wildman–Crippen LogP) is 2.60. The summed E-state index contributed by atoms with van der Waals surface area (Å²) in [5.74, 6) is 1.76. The Bertz CT molecular complexity index is 419. The van der Waals surface area contributed by atoms with E-state index in [0.29, 0.717) is 11.3 Å². The first-order chi connectivity index (χ1) is 7.67. The maximum absolute atomic E-state index is 12.1. The van der Waals surface area contributed by atoms with Crippen LogP contribution in [0.3, 0.4) is 0 Å². The van der Waals surface area contributed by atoms with E-state index in [1.807, 2.05) is 13.0 Å². The molecule has 0 unspecified atom stereocenters. The van der Waals surface area contributed by atoms with Gasteiger partial charge in [0, 0.05) is 12.0 Å². The highest BCUT2D eigenvalue weighted by Crippen LogP contribution is 2.38. The van der Waals surface area contributed by atoms with Crippen LogP contribution in [-0.4, -0.2) is 20.0 Å². The molecule has 0 radical (unpaired) electrons. The lowest BCUT2D eigenvalue weighted by molar-refractivity contribution is 0.0964. The van der Waals surface area contributed by atoms with Crippen LogP contribution in [0.2, 0.25) is 0 Å². The highest BCUT2D eigenvalue weighted by Gasteiger charge is 2.33. The lowest BCUT2D eigenvalue weighted by Gasteiger charge is -2.12. The summed E-state index contributed by atoms with van der Waals surface area (Å²) in [5, 5.41) is 0. The van der Waals surface area contributed by atoms with Gasteiger partial charge in [-0.3, -0.25) is 4.79 Å². The predicted molar refractivity (Wildman–Crippen MR) is 61.3 cm³/mol. The van der Waals surface area contributed by atoms with Gasteiger partial charge in [-0.15, -0.1) is 0 Å². The van der Waals surface area contributed by atoms with Crippen molar-refractivity contribution in [3.05, 3.63) is 23.3 Å². The van der Waals surface area contributed by atoms with Gasteiger partial charge in [0.25, 0.3) is 0 Å². The largest absolute Gasteiger partial charge is 0.497 e. The van der Waals surface area contributed by atoms with Gasteiger partial charge in [-0.1, -0.05) is 0 Å². The van der Waals surface area contributed by atoms with Gasteiger partial charge >= 0.3 is 0 Å². The van der Waals surface area contributed by atoms with Crippen molar-refractivity contribution in [2.45, 2.75) is 19.8 Å². The first kappa shape index (κ1) is 11.0. The lowest BCUT2D eigenvalue weighted by Crippen LogP contribution is -2.07. The van der Waals surface area contributed by atoms with Crippen LogP contribution in [0.5, 0.6) is 11.5 Å². The number of carbonyl (C=O) groups excluding carboxylic acids is 1. The van der Waals surface area contributed by atoms with Crippen molar-refractivity contribution in [3.8, 4) is 11.5 Å². The standard InChI is InChI=1S/C13H16O3/c1-8-6-10(15-2)7-11(16-3)12(8)13(14)9-4-5-9/h6-7,9H,4-5H2,1-3H3. The molecule has 3 heteroatoms. The van der Waals surface area contributed by atoms with Crippen molar-refractivity contribution >= 4 is 5.78 Å². The van der Waals surface area contributed by atoms with Crippen LogP contribution < -0.4 is 9.47 Å². The van der Waals surface area contributed by atoms with Crippen molar-refractivity contribution in [2.75, 3.05) is 14.2 Å². The Kier molecular flexibility index (Phi) is 2.86. The monoisotopic (exact) mass is 220 g/mol. The fourth-order valence-electron chi connectivity index (χ4n) is 1.87. The van der Waals surface area contributed by atoms with Gasteiger partial charge in [-0.25, -0.2) is 0 Å². The summed E-state index contributed by atoms with van der Waals surface area (Å²) < 4.78 is 10.4. The van der Waals surface area contributed by atoms with Crippen molar-refractivity contribution in [2.24, 2.45) is 5.92 Å². The van der Waals surface area contributed by atoms with Crippen molar-refractivity contribution in [1.29, 1.82) is 0 Å². The SMILES string of the molecule is COc1cc(C)c(C(=O)C2CC2)c(OC)c1. The number of ether oxygens (including phenoxy) is 2. The summed E-state index contributed by atoms with van der Waals surface area (Å²) >= 11 is 0. The normalized spacial score (nSPS) is 14.7. The highest BCUT2D eigenvalue weighted by molar-refractivity contribution is 6.03. The number of Topliss-reactive ketones (excluding diaryl/α,β-unsaturated/α-hetero) is 1. The zero-order valence-electron chi connectivity index (χ0n) is 9.87. The molecule has 0 spiro atoms. The van der Waals surface area contributed by atoms with E-state index >= 15 is 0 Å². The summed E-state index contributed by atoms with van der Waals surface area (Å²) in [7, 11) is 3.19. The van der Waals surface area contributed by atoms with Gasteiger partial charge in [0.1, 0.15) is 11.5 Å². The molecule has 86 valence electrons. The minimum atomic E-state index is 0.206. The second kappa shape index (κ2) is 4.16. The van der Waals surface area contributed by atoms with Crippen LogP contribution in [0.25, 0.3) is 0 Å². The molecular weight excluding hydrogens is 204 g/mol. The van der Waals surface area contributed by atoms with E-state index < -0.39 is 0 Å². The molecule has 0 aliphatic heterocycles. The molecule has 0 heterocycles. The number of carbonyl (C=O) groups is 1. The van der Waals surface area contributed by atoms with Crippen LogP contribution in [0, 0.1) is 12.8 Å². The summed E-state index contributed by atoms with van der Waals surface area (Å²) in [6.45, 7) is 1.92. The summed E-state index contributed by atoms with van der Waals surface area (Å²) in [5.41, 5.74) is 1.64. The van der Waals surface area contributed by atoms with Crippen LogP contribution in [0.4, 0.5) is 0 Å². The van der Waals surface area contributed by atoms with Crippen LogP contribution >= 0.6 is 0 Å². The molecule has 1 aliphatic rings. The number of methoxy groups -OCH3 is 2. The van der Waals surface area contributed by atoms with E-state index in [1.165, 1.54) is 0 Å². The number of benzene rings is 1. The summed E-state index contributed by atoms with van der Waals surface area (Å²) in [6, 6.07) is 3.64. The van der Waals surface area contributed by atoms with E-state index in [1.54, 1.807) is 20.3 Å². The van der Waals surface area contributed by atoms with Crippen molar-refractivity contribution in [3.63, 3.8) is 0 Å². The third-order valence-electron chi connectivity index (χ3n) is 2.92. The Morgan fingerprint density at radius 3 is 2.44 bits per heavy atom. The lowest BCUT2D eigenvalue weighted by atomic mass is 10.00. The molecule has 1 saturated carbocycles. The van der Waals surface area contributed by atoms with Gasteiger partial charge in [-0.05, 0) is 31.4 Å². The van der Waals surface area contributed by atoms with E-state index in [4.69, 9.17) is 9.47 Å². The summed E-state index contributed by atoms with van der Waals surface area (Å²) in [6.07, 6.45) is 2.01. The zero-order valence-corrected chi connectivity index (χ0v) is 9.87. The molecule has 0 bridgehead atoms. The first-order valence-electron chi connectivity index (χ1n) is 5.44. The molecule has 0 amide bonds. The molecule has 0 saturated heterocycles. The molecule has 1 aliphatic carbocycles. The second-order valence-corrected chi connectivity index (χ2v) is 4.16. The number of ketones is 1. The quantitative estimate of drug-likeness (QED) is 0.732. The Morgan fingerprint density at radius 2 is 1.94 bits per heavy atom. The number of hydrogen-bond donors (Lipinski definition) is 0. The first-order valence-corrected chi connectivity index (χ1v) is 5.44. The van der Waals surface area contributed by atoms with Crippen molar-refractivity contribution in [1.82, 2.24) is 0 Å². The minimum absolute atomic E-state index is 0.206. The van der Waals surface area contributed by atoms with E-state index in [-0.39, 0.29) is 11.7 Å². The third kappa shape index (κ3) is 1.90. The van der Waals surface area contributed by atoms with Crippen LogP contribution in [0.1, 0.15) is 28.8 Å². The third-order valence-corrected chi connectivity index (χ3v) is 2.92. The molecule has 1 aromatic rings. The molecule has 1 fully saturated rings. The average Bonchev–Trinajstić information content (AvgIpc) is 3.10. The molecule has 1 aromatic carbocycles. The summed E-state index contributed by atoms with van der Waals surface area (Å²) in [4.78, 5) is 12.1. The fraction of sp³-hybridized carbons (Fsp3) is 0.462. The smallest absolute Gasteiger partial charge is 0.169 e. The average molecular weight is 220 g/mol.